The van der Waals surface area contributed by atoms with Crippen molar-refractivity contribution in [2.75, 3.05) is 0 Å². The fraction of sp³-hybridized carbons (Fsp3) is 0.0833. The Labute approximate surface area is 118 Å². The SMILES string of the molecule is Cc1cccc([N+](=O)[O-])c1Oc1nnccc1/C(N)=N/O. The third-order valence-corrected chi connectivity index (χ3v) is 2.66. The molecule has 2 rings (SSSR count). The van der Waals surface area contributed by atoms with Gasteiger partial charge < -0.3 is 15.7 Å². The molecule has 0 fully saturated rings. The number of para-hydroxylation sites is 1. The topological polar surface area (TPSA) is 137 Å². The first-order valence-electron chi connectivity index (χ1n) is 5.76. The monoisotopic (exact) mass is 289 g/mol. The average Bonchev–Trinajstić information content (AvgIpc) is 2.48. The maximum absolute atomic E-state index is 11.0. The van der Waals surface area contributed by atoms with Crippen molar-refractivity contribution in [2.24, 2.45) is 10.9 Å². The number of hydrogen-bond acceptors (Lipinski definition) is 7. The van der Waals surface area contributed by atoms with E-state index >= 15 is 0 Å². The van der Waals surface area contributed by atoms with E-state index in [1.165, 1.54) is 18.3 Å². The van der Waals surface area contributed by atoms with Crippen molar-refractivity contribution in [3.63, 3.8) is 0 Å². The van der Waals surface area contributed by atoms with Gasteiger partial charge in [-0.25, -0.2) is 0 Å². The number of amidine groups is 1. The zero-order valence-electron chi connectivity index (χ0n) is 10.9. The van der Waals surface area contributed by atoms with Gasteiger partial charge in [0.2, 0.25) is 11.6 Å². The van der Waals surface area contributed by atoms with E-state index in [9.17, 15) is 10.1 Å². The first-order valence-corrected chi connectivity index (χ1v) is 5.76. The van der Waals surface area contributed by atoms with E-state index in [1.54, 1.807) is 19.1 Å². The molecular weight excluding hydrogens is 278 g/mol. The number of rotatable bonds is 4. The van der Waals surface area contributed by atoms with Crippen LogP contribution in [0.5, 0.6) is 11.6 Å². The van der Waals surface area contributed by atoms with Crippen LogP contribution in [0.3, 0.4) is 0 Å². The predicted octanol–water partition coefficient (Wildman–Crippen LogP) is 1.58. The number of ether oxygens (including phenoxy) is 1. The van der Waals surface area contributed by atoms with Gasteiger partial charge in [-0.05, 0) is 18.6 Å². The molecule has 0 atom stereocenters. The lowest BCUT2D eigenvalue weighted by molar-refractivity contribution is -0.385. The van der Waals surface area contributed by atoms with Crippen LogP contribution in [0.25, 0.3) is 0 Å². The molecule has 0 unspecified atom stereocenters. The van der Waals surface area contributed by atoms with E-state index in [-0.39, 0.29) is 28.7 Å². The summed E-state index contributed by atoms with van der Waals surface area (Å²) in [6.07, 6.45) is 1.33. The number of hydrogen-bond donors (Lipinski definition) is 2. The Bertz CT molecular complexity index is 717. The number of oxime groups is 1. The van der Waals surface area contributed by atoms with Gasteiger partial charge in [0.05, 0.1) is 16.7 Å². The van der Waals surface area contributed by atoms with Crippen LogP contribution in [-0.2, 0) is 0 Å². The lowest BCUT2D eigenvalue weighted by Gasteiger charge is -2.10. The van der Waals surface area contributed by atoms with E-state index in [0.717, 1.165) is 0 Å². The zero-order valence-corrected chi connectivity index (χ0v) is 10.9. The Kier molecular flexibility index (Phi) is 3.93. The summed E-state index contributed by atoms with van der Waals surface area (Å²) in [4.78, 5) is 10.5. The second kappa shape index (κ2) is 5.82. The fourth-order valence-corrected chi connectivity index (χ4v) is 1.65. The molecule has 1 aromatic carbocycles. The number of aryl methyl sites for hydroxylation is 1. The molecule has 0 spiro atoms. The van der Waals surface area contributed by atoms with Crippen molar-refractivity contribution in [3.05, 3.63) is 51.7 Å². The van der Waals surface area contributed by atoms with Gasteiger partial charge in [-0.2, -0.15) is 5.10 Å². The van der Waals surface area contributed by atoms with Crippen LogP contribution < -0.4 is 10.5 Å². The minimum absolute atomic E-state index is 0.0231. The summed E-state index contributed by atoms with van der Waals surface area (Å²) in [6, 6.07) is 5.92. The van der Waals surface area contributed by atoms with Crippen LogP contribution >= 0.6 is 0 Å². The van der Waals surface area contributed by atoms with Crippen molar-refractivity contribution >= 4 is 11.5 Å². The molecule has 9 nitrogen and oxygen atoms in total. The summed E-state index contributed by atoms with van der Waals surface area (Å²) in [5, 5.41) is 30.0. The van der Waals surface area contributed by atoms with Crippen LogP contribution in [0.15, 0.2) is 35.6 Å². The molecule has 0 aliphatic heterocycles. The second-order valence-electron chi connectivity index (χ2n) is 4.02. The average molecular weight is 289 g/mol. The number of nitro benzene ring substituents is 1. The van der Waals surface area contributed by atoms with Gasteiger partial charge in [0.25, 0.3) is 0 Å². The van der Waals surface area contributed by atoms with E-state index in [0.29, 0.717) is 5.56 Å². The minimum atomic E-state index is -0.568. The van der Waals surface area contributed by atoms with Gasteiger partial charge in [0.1, 0.15) is 0 Å². The molecule has 0 amide bonds. The van der Waals surface area contributed by atoms with Gasteiger partial charge in [0, 0.05) is 6.07 Å². The van der Waals surface area contributed by atoms with Crippen LogP contribution in [0.2, 0.25) is 0 Å². The Hall–Kier alpha value is -3.23. The van der Waals surface area contributed by atoms with Crippen molar-refractivity contribution in [3.8, 4) is 11.6 Å². The Morgan fingerprint density at radius 2 is 2.24 bits per heavy atom. The molecule has 21 heavy (non-hydrogen) atoms. The molecule has 1 aromatic heterocycles. The third kappa shape index (κ3) is 2.86. The number of benzene rings is 1. The molecule has 9 heteroatoms. The maximum Gasteiger partial charge on any atom is 0.311 e. The van der Waals surface area contributed by atoms with Crippen LogP contribution in [0.4, 0.5) is 5.69 Å². The Morgan fingerprint density at radius 1 is 1.48 bits per heavy atom. The van der Waals surface area contributed by atoms with E-state index in [2.05, 4.69) is 15.4 Å². The Morgan fingerprint density at radius 3 is 2.90 bits per heavy atom. The molecule has 0 aliphatic carbocycles. The molecular formula is C12H11N5O4. The largest absolute Gasteiger partial charge is 0.429 e. The van der Waals surface area contributed by atoms with E-state index in [4.69, 9.17) is 15.7 Å². The summed E-state index contributed by atoms with van der Waals surface area (Å²) in [6.45, 7) is 1.65. The minimum Gasteiger partial charge on any atom is -0.429 e. The standard InChI is InChI=1S/C12H11N5O4/c1-7-3-2-4-9(17(19)20)10(7)21-12-8(11(13)16-18)5-6-14-15-12/h2-6,18H,1H3,(H2,13,16). The highest BCUT2D eigenvalue weighted by Crippen LogP contribution is 2.34. The van der Waals surface area contributed by atoms with Crippen molar-refractivity contribution in [1.29, 1.82) is 0 Å². The molecule has 2 aromatic rings. The highest BCUT2D eigenvalue weighted by molar-refractivity contribution is 5.99. The number of aromatic nitrogens is 2. The summed E-state index contributed by atoms with van der Waals surface area (Å²) >= 11 is 0. The summed E-state index contributed by atoms with van der Waals surface area (Å²) < 4.78 is 5.47. The zero-order chi connectivity index (χ0) is 15.4. The summed E-state index contributed by atoms with van der Waals surface area (Å²) in [5.74, 6) is -0.309. The highest BCUT2D eigenvalue weighted by Gasteiger charge is 2.20. The van der Waals surface area contributed by atoms with Crippen molar-refractivity contribution < 1.29 is 14.9 Å². The molecule has 0 aliphatic rings. The first kappa shape index (κ1) is 14.2. The van der Waals surface area contributed by atoms with Gasteiger partial charge in [-0.1, -0.05) is 17.3 Å². The second-order valence-corrected chi connectivity index (χ2v) is 4.02. The lowest BCUT2D eigenvalue weighted by Crippen LogP contribution is -2.15. The van der Waals surface area contributed by atoms with E-state index in [1.807, 2.05) is 0 Å². The smallest absolute Gasteiger partial charge is 0.311 e. The Balaban J connectivity index is 2.52. The molecule has 0 saturated heterocycles. The van der Waals surface area contributed by atoms with Crippen LogP contribution in [-0.4, -0.2) is 26.2 Å². The summed E-state index contributed by atoms with van der Waals surface area (Å²) in [5.41, 5.74) is 6.00. The number of nitro groups is 1. The van der Waals surface area contributed by atoms with E-state index < -0.39 is 4.92 Å². The van der Waals surface area contributed by atoms with Crippen molar-refractivity contribution in [1.82, 2.24) is 10.2 Å². The van der Waals surface area contributed by atoms with Gasteiger partial charge in [0.15, 0.2) is 5.84 Å². The van der Waals surface area contributed by atoms with Crippen LogP contribution in [0.1, 0.15) is 11.1 Å². The van der Waals surface area contributed by atoms with Crippen molar-refractivity contribution in [2.45, 2.75) is 6.92 Å². The molecule has 3 N–H and O–H groups in total. The summed E-state index contributed by atoms with van der Waals surface area (Å²) in [7, 11) is 0. The number of nitrogens with zero attached hydrogens (tertiary/aromatic N) is 4. The molecule has 1 heterocycles. The van der Waals surface area contributed by atoms with Gasteiger partial charge >= 0.3 is 5.69 Å². The highest BCUT2D eigenvalue weighted by atomic mass is 16.6. The predicted molar refractivity (Wildman–Crippen MR) is 72.5 cm³/mol. The van der Waals surface area contributed by atoms with Crippen LogP contribution in [0, 0.1) is 17.0 Å². The third-order valence-electron chi connectivity index (χ3n) is 2.66. The quantitative estimate of drug-likeness (QED) is 0.286. The molecule has 0 saturated carbocycles. The normalized spacial score (nSPS) is 11.2. The molecule has 108 valence electrons. The maximum atomic E-state index is 11.0. The molecule has 0 bridgehead atoms. The van der Waals surface area contributed by atoms with Gasteiger partial charge in [-0.3, -0.25) is 10.1 Å². The lowest BCUT2D eigenvalue weighted by atomic mass is 10.2. The first-order chi connectivity index (χ1) is 10.0. The molecule has 0 radical (unpaired) electrons. The number of nitrogens with two attached hydrogens (primary N) is 1. The van der Waals surface area contributed by atoms with Gasteiger partial charge in [-0.15, -0.1) is 5.10 Å². The fourth-order valence-electron chi connectivity index (χ4n) is 1.65.